The van der Waals surface area contributed by atoms with Crippen LogP contribution in [0.15, 0.2) is 24.3 Å². The zero-order valence-corrected chi connectivity index (χ0v) is 12.6. The molecule has 3 N–H and O–H groups in total. The highest BCUT2D eigenvalue weighted by molar-refractivity contribution is 5.94. The summed E-state index contributed by atoms with van der Waals surface area (Å²) in [6.07, 6.45) is 2.37. The fourth-order valence-corrected chi connectivity index (χ4v) is 3.03. The zero-order chi connectivity index (χ0) is 14.7. The summed E-state index contributed by atoms with van der Waals surface area (Å²) < 4.78 is 0. The molecule has 1 amide bonds. The monoisotopic (exact) mass is 275 g/mol. The van der Waals surface area contributed by atoms with Gasteiger partial charge in [-0.05, 0) is 50.4 Å². The zero-order valence-electron chi connectivity index (χ0n) is 12.6. The highest BCUT2D eigenvalue weighted by Crippen LogP contribution is 2.26. The van der Waals surface area contributed by atoms with Crippen molar-refractivity contribution < 1.29 is 4.79 Å². The molecule has 0 radical (unpaired) electrons. The molecule has 4 nitrogen and oxygen atoms in total. The van der Waals surface area contributed by atoms with Crippen molar-refractivity contribution in [1.29, 1.82) is 0 Å². The largest absolute Gasteiger partial charge is 0.399 e. The van der Waals surface area contributed by atoms with Crippen LogP contribution in [0.1, 0.15) is 33.6 Å². The minimum absolute atomic E-state index is 0.0446. The summed E-state index contributed by atoms with van der Waals surface area (Å²) in [6.45, 7) is 7.45. The minimum Gasteiger partial charge on any atom is -0.399 e. The standard InChI is InChI=1S/C16H25N3O/c1-11(2)15-8-5-9-19(15)12(3)16(20)18-14-7-4-6-13(17)10-14/h4,6-7,10-12,15H,5,8-9,17H2,1-3H3,(H,18,20). The van der Waals surface area contributed by atoms with E-state index < -0.39 is 0 Å². The lowest BCUT2D eigenvalue weighted by Gasteiger charge is -2.32. The third kappa shape index (κ3) is 3.31. The molecule has 4 heteroatoms. The molecule has 1 aromatic carbocycles. The van der Waals surface area contributed by atoms with Gasteiger partial charge in [0.25, 0.3) is 0 Å². The molecule has 2 rings (SSSR count). The van der Waals surface area contributed by atoms with E-state index >= 15 is 0 Å². The molecule has 1 aromatic rings. The summed E-state index contributed by atoms with van der Waals surface area (Å²) >= 11 is 0. The molecule has 0 bridgehead atoms. The second-order valence-corrected chi connectivity index (χ2v) is 5.98. The number of carbonyl (C=O) groups is 1. The number of carbonyl (C=O) groups excluding carboxylic acids is 1. The maximum Gasteiger partial charge on any atom is 0.241 e. The Morgan fingerprint density at radius 2 is 2.15 bits per heavy atom. The topological polar surface area (TPSA) is 58.4 Å². The third-order valence-electron chi connectivity index (χ3n) is 4.14. The number of rotatable bonds is 4. The Morgan fingerprint density at radius 1 is 1.40 bits per heavy atom. The third-order valence-corrected chi connectivity index (χ3v) is 4.14. The van der Waals surface area contributed by atoms with Gasteiger partial charge in [-0.15, -0.1) is 0 Å². The molecule has 1 aliphatic heterocycles. The summed E-state index contributed by atoms with van der Waals surface area (Å²) in [6, 6.07) is 7.72. The number of hydrogen-bond acceptors (Lipinski definition) is 3. The smallest absolute Gasteiger partial charge is 0.241 e. The average molecular weight is 275 g/mol. The molecular formula is C16H25N3O. The van der Waals surface area contributed by atoms with Crippen molar-refractivity contribution >= 4 is 17.3 Å². The molecule has 1 heterocycles. The Hall–Kier alpha value is -1.55. The summed E-state index contributed by atoms with van der Waals surface area (Å²) in [5.41, 5.74) is 7.16. The number of amides is 1. The molecule has 1 saturated heterocycles. The summed E-state index contributed by atoms with van der Waals surface area (Å²) in [7, 11) is 0. The number of benzene rings is 1. The molecule has 0 saturated carbocycles. The maximum atomic E-state index is 12.4. The number of nitrogens with two attached hydrogens (primary N) is 1. The highest BCUT2D eigenvalue weighted by atomic mass is 16.2. The molecule has 2 atom stereocenters. The molecule has 0 aliphatic carbocycles. The Bertz CT molecular complexity index is 473. The van der Waals surface area contributed by atoms with Crippen molar-refractivity contribution in [3.05, 3.63) is 24.3 Å². The number of likely N-dealkylation sites (tertiary alicyclic amines) is 1. The average Bonchev–Trinajstić information content (AvgIpc) is 2.87. The van der Waals surface area contributed by atoms with E-state index in [2.05, 4.69) is 24.1 Å². The Labute approximate surface area is 121 Å². The van der Waals surface area contributed by atoms with Gasteiger partial charge in [0.1, 0.15) is 0 Å². The Balaban J connectivity index is 2.01. The van der Waals surface area contributed by atoms with Gasteiger partial charge in [0.2, 0.25) is 5.91 Å². The molecular weight excluding hydrogens is 250 g/mol. The van der Waals surface area contributed by atoms with Crippen molar-refractivity contribution in [1.82, 2.24) is 4.90 Å². The first-order chi connectivity index (χ1) is 9.49. The fraction of sp³-hybridized carbons (Fsp3) is 0.562. The summed E-state index contributed by atoms with van der Waals surface area (Å²) in [5.74, 6) is 0.628. The van der Waals surface area contributed by atoms with Gasteiger partial charge < -0.3 is 11.1 Å². The number of anilines is 2. The van der Waals surface area contributed by atoms with Crippen LogP contribution in [0.4, 0.5) is 11.4 Å². The van der Waals surface area contributed by atoms with Gasteiger partial charge >= 0.3 is 0 Å². The Kier molecular flexibility index (Phi) is 4.65. The second-order valence-electron chi connectivity index (χ2n) is 5.98. The molecule has 20 heavy (non-hydrogen) atoms. The van der Waals surface area contributed by atoms with Crippen molar-refractivity contribution in [3.8, 4) is 0 Å². The molecule has 2 unspecified atom stereocenters. The van der Waals surface area contributed by atoms with Gasteiger partial charge in [-0.2, -0.15) is 0 Å². The first-order valence-corrected chi connectivity index (χ1v) is 7.41. The SMILES string of the molecule is CC(C)C1CCCN1C(C)C(=O)Nc1cccc(N)c1. The predicted octanol–water partition coefficient (Wildman–Crippen LogP) is 2.72. The number of nitrogens with zero attached hydrogens (tertiary/aromatic N) is 1. The first kappa shape index (κ1) is 14.9. The van der Waals surface area contributed by atoms with Crippen LogP contribution in [0.3, 0.4) is 0 Å². The van der Waals surface area contributed by atoms with Crippen LogP contribution >= 0.6 is 0 Å². The second kappa shape index (κ2) is 6.27. The van der Waals surface area contributed by atoms with Gasteiger partial charge in [-0.25, -0.2) is 0 Å². The van der Waals surface area contributed by atoms with E-state index in [1.807, 2.05) is 25.1 Å². The fourth-order valence-electron chi connectivity index (χ4n) is 3.03. The van der Waals surface area contributed by atoms with Crippen LogP contribution in [-0.4, -0.2) is 29.4 Å². The van der Waals surface area contributed by atoms with Gasteiger partial charge in [0, 0.05) is 17.4 Å². The van der Waals surface area contributed by atoms with Crippen LogP contribution in [0.5, 0.6) is 0 Å². The van der Waals surface area contributed by atoms with Gasteiger partial charge in [0.15, 0.2) is 0 Å². The van der Waals surface area contributed by atoms with Crippen molar-refractivity contribution in [2.45, 2.75) is 45.7 Å². The first-order valence-electron chi connectivity index (χ1n) is 7.41. The quantitative estimate of drug-likeness (QED) is 0.831. The molecule has 1 fully saturated rings. The minimum atomic E-state index is -0.105. The van der Waals surface area contributed by atoms with E-state index in [1.54, 1.807) is 6.07 Å². The van der Waals surface area contributed by atoms with Gasteiger partial charge in [-0.3, -0.25) is 9.69 Å². The number of nitrogens with one attached hydrogen (secondary N) is 1. The van der Waals surface area contributed by atoms with Crippen LogP contribution in [0.25, 0.3) is 0 Å². The van der Waals surface area contributed by atoms with E-state index in [1.165, 1.54) is 12.8 Å². The van der Waals surface area contributed by atoms with Crippen molar-refractivity contribution in [2.75, 3.05) is 17.6 Å². The summed E-state index contributed by atoms with van der Waals surface area (Å²) in [5, 5.41) is 2.96. The molecule has 1 aliphatic rings. The molecule has 0 aromatic heterocycles. The molecule has 110 valence electrons. The predicted molar refractivity (Wildman–Crippen MR) is 83.5 cm³/mol. The summed E-state index contributed by atoms with van der Waals surface area (Å²) in [4.78, 5) is 14.7. The van der Waals surface area contributed by atoms with Crippen LogP contribution in [0, 0.1) is 5.92 Å². The van der Waals surface area contributed by atoms with E-state index in [0.29, 0.717) is 17.6 Å². The maximum absolute atomic E-state index is 12.4. The van der Waals surface area contributed by atoms with Crippen molar-refractivity contribution in [2.24, 2.45) is 5.92 Å². The van der Waals surface area contributed by atoms with E-state index in [4.69, 9.17) is 5.73 Å². The lowest BCUT2D eigenvalue weighted by atomic mass is 10.0. The lowest BCUT2D eigenvalue weighted by molar-refractivity contribution is -0.121. The van der Waals surface area contributed by atoms with Crippen LogP contribution < -0.4 is 11.1 Å². The van der Waals surface area contributed by atoms with Crippen LogP contribution in [-0.2, 0) is 4.79 Å². The van der Waals surface area contributed by atoms with E-state index in [-0.39, 0.29) is 11.9 Å². The van der Waals surface area contributed by atoms with Gasteiger partial charge in [0.05, 0.1) is 6.04 Å². The van der Waals surface area contributed by atoms with Gasteiger partial charge in [-0.1, -0.05) is 19.9 Å². The normalized spacial score (nSPS) is 21.1. The van der Waals surface area contributed by atoms with E-state index in [9.17, 15) is 4.79 Å². The Morgan fingerprint density at radius 3 is 2.80 bits per heavy atom. The van der Waals surface area contributed by atoms with Crippen LogP contribution in [0.2, 0.25) is 0 Å². The number of nitrogen functional groups attached to an aromatic ring is 1. The molecule has 0 spiro atoms. The number of hydrogen-bond donors (Lipinski definition) is 2. The highest BCUT2D eigenvalue weighted by Gasteiger charge is 2.33. The van der Waals surface area contributed by atoms with E-state index in [0.717, 1.165) is 12.2 Å². The lowest BCUT2D eigenvalue weighted by Crippen LogP contribution is -2.46. The van der Waals surface area contributed by atoms with Crippen molar-refractivity contribution in [3.63, 3.8) is 0 Å².